The zero-order valence-electron chi connectivity index (χ0n) is 19.3. The Hall–Kier alpha value is -0.200. The third-order valence-corrected chi connectivity index (χ3v) is 5.53. The largest absolute Gasteiger partial charge is 0.381 e. The summed E-state index contributed by atoms with van der Waals surface area (Å²) in [6, 6.07) is 0. The molecule has 5 saturated heterocycles. The lowest BCUT2D eigenvalue weighted by atomic mass is 10.2. The van der Waals surface area contributed by atoms with E-state index < -0.39 is 0 Å². The third-order valence-electron chi connectivity index (χ3n) is 5.53. The van der Waals surface area contributed by atoms with Crippen molar-refractivity contribution < 1.29 is 9.47 Å². The van der Waals surface area contributed by atoms with Crippen LogP contribution in [0, 0.1) is 0 Å². The van der Waals surface area contributed by atoms with Crippen molar-refractivity contribution in [2.24, 2.45) is 0 Å². The minimum atomic E-state index is 0. The minimum Gasteiger partial charge on any atom is -0.381 e. The van der Waals surface area contributed by atoms with Crippen LogP contribution in [0.25, 0.3) is 0 Å². The lowest BCUT2D eigenvalue weighted by Gasteiger charge is -2.08. The van der Waals surface area contributed by atoms with Crippen LogP contribution in [0.1, 0.15) is 127 Å². The van der Waals surface area contributed by atoms with Crippen LogP contribution in [-0.2, 0) is 9.47 Å². The van der Waals surface area contributed by atoms with Gasteiger partial charge in [0.2, 0.25) is 0 Å². The summed E-state index contributed by atoms with van der Waals surface area (Å²) in [5.74, 6) is 0. The summed E-state index contributed by atoms with van der Waals surface area (Å²) < 4.78 is 10.0. The van der Waals surface area contributed by atoms with Gasteiger partial charge in [-0.05, 0) is 110 Å². The van der Waals surface area contributed by atoms with Crippen molar-refractivity contribution in [3.05, 3.63) is 0 Å². The summed E-state index contributed by atoms with van der Waals surface area (Å²) in [4.78, 5) is 0. The van der Waals surface area contributed by atoms with Gasteiger partial charge in [0, 0.05) is 26.4 Å². The number of piperidine rings is 1. The van der Waals surface area contributed by atoms with E-state index in [0.29, 0.717) is 0 Å². The topological polar surface area (TPSA) is 54.5 Å². The number of hydrogen-bond donors (Lipinski definition) is 3. The lowest BCUT2D eigenvalue weighted by Crippen LogP contribution is -2.21. The molecule has 0 atom stereocenters. The molecule has 0 aliphatic carbocycles. The average Bonchev–Trinajstić information content (AvgIpc) is 3.54. The molecule has 0 aromatic rings. The molecule has 0 saturated carbocycles. The van der Waals surface area contributed by atoms with Crippen LogP contribution in [-0.4, -0.2) is 65.7 Å². The molecule has 0 unspecified atom stereocenters. The first-order valence-electron chi connectivity index (χ1n) is 12.8. The molecule has 0 spiro atoms. The van der Waals surface area contributed by atoms with Gasteiger partial charge in [-0.25, -0.2) is 0 Å². The van der Waals surface area contributed by atoms with Crippen molar-refractivity contribution >= 4 is 0 Å². The maximum Gasteiger partial charge on any atom is 0.0466 e. The fourth-order valence-corrected chi connectivity index (χ4v) is 3.60. The van der Waals surface area contributed by atoms with Crippen LogP contribution in [0.2, 0.25) is 0 Å². The standard InChI is InChI=1S/C6H13N.C5H11N.C5H10O.C4H9N.C4H8O.5CH4/c1-2-4-6-7-5-3-1;2*1-2-4-6-5-3-1;2*1-2-4-5-3-1;;;;;/h7H,1-6H2;6H,1-5H2;1-5H2;5H,1-4H2;1-4H2;5*1H4. The van der Waals surface area contributed by atoms with E-state index in [4.69, 9.17) is 9.47 Å². The molecule has 34 heavy (non-hydrogen) atoms. The van der Waals surface area contributed by atoms with Gasteiger partial charge in [-0.3, -0.25) is 0 Å². The van der Waals surface area contributed by atoms with Crippen molar-refractivity contribution in [2.45, 2.75) is 127 Å². The summed E-state index contributed by atoms with van der Waals surface area (Å²) in [6.07, 6.45) is 19.1. The maximum atomic E-state index is 5.07. The van der Waals surface area contributed by atoms with Crippen LogP contribution in [0.15, 0.2) is 0 Å². The quantitative estimate of drug-likeness (QED) is 0.327. The number of rotatable bonds is 0. The molecule has 5 fully saturated rings. The van der Waals surface area contributed by atoms with E-state index in [1.165, 1.54) is 129 Å². The van der Waals surface area contributed by atoms with Gasteiger partial charge in [0.25, 0.3) is 0 Å². The highest BCUT2D eigenvalue weighted by Crippen LogP contribution is 2.02. The fraction of sp³-hybridized carbons (Fsp3) is 1.00. The monoisotopic (exact) mass is 494 g/mol. The summed E-state index contributed by atoms with van der Waals surface area (Å²) >= 11 is 0. The highest BCUT2D eigenvalue weighted by Gasteiger charge is 1.96. The number of hydrogen-bond acceptors (Lipinski definition) is 5. The molecule has 5 heteroatoms. The first-order valence-corrected chi connectivity index (χ1v) is 12.8. The Labute approximate surface area is 218 Å². The molecule has 5 rings (SSSR count). The fourth-order valence-electron chi connectivity index (χ4n) is 3.60. The molecule has 214 valence electrons. The van der Waals surface area contributed by atoms with Crippen LogP contribution < -0.4 is 16.0 Å². The first kappa shape index (κ1) is 43.8. The molecule has 5 heterocycles. The van der Waals surface area contributed by atoms with E-state index in [-0.39, 0.29) is 37.1 Å². The normalized spacial score (nSPS) is 20.5. The van der Waals surface area contributed by atoms with Gasteiger partial charge in [0.05, 0.1) is 0 Å². The SMILES string of the molecule is C.C.C.C.C.C1CCCNCC1.C1CCNC1.C1CCNCC1.C1CCOC1.C1CCOCC1. The van der Waals surface area contributed by atoms with Gasteiger partial charge in [-0.1, -0.05) is 56.4 Å². The number of nitrogens with one attached hydrogen (secondary N) is 3. The molecule has 3 N–H and O–H groups in total. The second-order valence-electron chi connectivity index (χ2n) is 8.42. The van der Waals surface area contributed by atoms with Gasteiger partial charge in [0.15, 0.2) is 0 Å². The molecular weight excluding hydrogens is 422 g/mol. The summed E-state index contributed by atoms with van der Waals surface area (Å²) in [5.41, 5.74) is 0. The molecule has 0 aromatic heterocycles. The smallest absolute Gasteiger partial charge is 0.0466 e. The van der Waals surface area contributed by atoms with E-state index in [2.05, 4.69) is 16.0 Å². The minimum absolute atomic E-state index is 0. The maximum absolute atomic E-state index is 5.07. The molecule has 5 aliphatic heterocycles. The molecule has 0 radical (unpaired) electrons. The van der Waals surface area contributed by atoms with E-state index in [1.807, 2.05) is 0 Å². The van der Waals surface area contributed by atoms with Crippen LogP contribution in [0.5, 0.6) is 0 Å². The molecular formula is C29H71N3O2. The molecule has 0 bridgehead atoms. The van der Waals surface area contributed by atoms with Crippen LogP contribution in [0.3, 0.4) is 0 Å². The molecule has 5 nitrogen and oxygen atoms in total. The summed E-state index contributed by atoms with van der Waals surface area (Å²) in [5, 5.41) is 9.85. The highest BCUT2D eigenvalue weighted by molar-refractivity contribution is 4.56. The van der Waals surface area contributed by atoms with Gasteiger partial charge >= 0.3 is 0 Å². The van der Waals surface area contributed by atoms with Gasteiger partial charge < -0.3 is 25.4 Å². The zero-order chi connectivity index (χ0) is 20.5. The predicted molar refractivity (Wildman–Crippen MR) is 159 cm³/mol. The van der Waals surface area contributed by atoms with Crippen LogP contribution >= 0.6 is 0 Å². The first-order chi connectivity index (χ1) is 14.5. The lowest BCUT2D eigenvalue weighted by molar-refractivity contribution is 0.0968. The van der Waals surface area contributed by atoms with E-state index in [9.17, 15) is 0 Å². The Morgan fingerprint density at radius 3 is 0.676 bits per heavy atom. The Balaban J connectivity index is -0.0000000998. The van der Waals surface area contributed by atoms with E-state index in [0.717, 1.165) is 26.4 Å². The van der Waals surface area contributed by atoms with Gasteiger partial charge in [-0.15, -0.1) is 0 Å². The molecule has 0 amide bonds. The summed E-state index contributed by atoms with van der Waals surface area (Å²) in [6.45, 7) is 11.5. The van der Waals surface area contributed by atoms with E-state index >= 15 is 0 Å². The van der Waals surface area contributed by atoms with Gasteiger partial charge in [0.1, 0.15) is 0 Å². The second-order valence-corrected chi connectivity index (χ2v) is 8.42. The van der Waals surface area contributed by atoms with Crippen molar-refractivity contribution in [2.75, 3.05) is 65.7 Å². The molecule has 0 aromatic carbocycles. The van der Waals surface area contributed by atoms with Crippen molar-refractivity contribution in [3.8, 4) is 0 Å². The van der Waals surface area contributed by atoms with Crippen molar-refractivity contribution in [1.82, 2.24) is 16.0 Å². The Bertz CT molecular complexity index is 211. The second kappa shape index (κ2) is 40.0. The van der Waals surface area contributed by atoms with Crippen LogP contribution in [0.4, 0.5) is 0 Å². The van der Waals surface area contributed by atoms with Crippen molar-refractivity contribution in [3.63, 3.8) is 0 Å². The average molecular weight is 494 g/mol. The Morgan fingerprint density at radius 2 is 0.471 bits per heavy atom. The van der Waals surface area contributed by atoms with Crippen molar-refractivity contribution in [1.29, 1.82) is 0 Å². The third kappa shape index (κ3) is 36.4. The van der Waals surface area contributed by atoms with E-state index in [1.54, 1.807) is 0 Å². The predicted octanol–water partition coefficient (Wildman–Crippen LogP) is 7.44. The summed E-state index contributed by atoms with van der Waals surface area (Å²) in [7, 11) is 0. The Kier molecular flexibility index (Phi) is 51.6. The zero-order valence-corrected chi connectivity index (χ0v) is 19.3. The molecule has 5 aliphatic rings. The van der Waals surface area contributed by atoms with Gasteiger partial charge in [-0.2, -0.15) is 0 Å². The Morgan fingerprint density at radius 1 is 0.265 bits per heavy atom. The number of ether oxygens (including phenoxy) is 2. The highest BCUT2D eigenvalue weighted by atomic mass is 16.5.